The van der Waals surface area contributed by atoms with E-state index in [-0.39, 0.29) is 5.69 Å². The lowest BCUT2D eigenvalue weighted by Gasteiger charge is -2.15. The molecule has 3 rings (SSSR count). The predicted molar refractivity (Wildman–Crippen MR) is 64.4 cm³/mol. The van der Waals surface area contributed by atoms with Crippen molar-refractivity contribution < 1.29 is 14.1 Å². The molecule has 1 aromatic carbocycles. The van der Waals surface area contributed by atoms with Gasteiger partial charge in [0.2, 0.25) is 0 Å². The average molecular weight is 244 g/mol. The van der Waals surface area contributed by atoms with Crippen LogP contribution in [0.1, 0.15) is 21.6 Å². The number of nitrogens with two attached hydrogens (primary N) is 1. The molecule has 0 unspecified atom stereocenters. The number of ether oxygens (including phenoxy) is 1. The van der Waals surface area contributed by atoms with Crippen molar-refractivity contribution in [1.29, 1.82) is 0 Å². The van der Waals surface area contributed by atoms with Crippen LogP contribution < -0.4 is 10.5 Å². The van der Waals surface area contributed by atoms with E-state index in [9.17, 15) is 4.79 Å². The third-order valence-corrected chi connectivity index (χ3v) is 3.23. The van der Waals surface area contributed by atoms with Crippen LogP contribution in [-0.2, 0) is 12.8 Å². The molecule has 0 bridgehead atoms. The minimum Gasteiger partial charge on any atom is -0.497 e. The van der Waals surface area contributed by atoms with Crippen molar-refractivity contribution in [3.8, 4) is 17.1 Å². The largest absolute Gasteiger partial charge is 0.497 e. The Morgan fingerprint density at radius 3 is 3.00 bits per heavy atom. The lowest BCUT2D eigenvalue weighted by molar-refractivity contribution is 0.0991. The maximum absolute atomic E-state index is 11.2. The number of primary amides is 1. The van der Waals surface area contributed by atoms with Gasteiger partial charge in [-0.3, -0.25) is 4.79 Å². The molecule has 1 aromatic heterocycles. The highest BCUT2D eigenvalue weighted by Gasteiger charge is 2.26. The third kappa shape index (κ3) is 1.48. The fraction of sp³-hybridized carbons (Fsp3) is 0.231. The second-order valence-corrected chi connectivity index (χ2v) is 4.23. The highest BCUT2D eigenvalue weighted by Crippen LogP contribution is 2.37. The van der Waals surface area contributed by atoms with Gasteiger partial charge in [-0.1, -0.05) is 11.2 Å². The van der Waals surface area contributed by atoms with Crippen molar-refractivity contribution in [2.24, 2.45) is 5.73 Å². The fourth-order valence-corrected chi connectivity index (χ4v) is 2.32. The summed E-state index contributed by atoms with van der Waals surface area (Å²) >= 11 is 0. The van der Waals surface area contributed by atoms with Gasteiger partial charge in [-0.2, -0.15) is 0 Å². The number of amides is 1. The van der Waals surface area contributed by atoms with Crippen LogP contribution >= 0.6 is 0 Å². The zero-order chi connectivity index (χ0) is 12.7. The number of aromatic nitrogens is 1. The van der Waals surface area contributed by atoms with E-state index in [1.54, 1.807) is 7.11 Å². The van der Waals surface area contributed by atoms with E-state index < -0.39 is 5.91 Å². The highest BCUT2D eigenvalue weighted by atomic mass is 16.5. The second-order valence-electron chi connectivity index (χ2n) is 4.23. The Morgan fingerprint density at radius 2 is 2.28 bits per heavy atom. The first kappa shape index (κ1) is 10.8. The Kier molecular flexibility index (Phi) is 2.33. The number of hydrogen-bond donors (Lipinski definition) is 1. The first-order valence-electron chi connectivity index (χ1n) is 5.66. The number of benzene rings is 1. The minimum absolute atomic E-state index is 0.235. The second kappa shape index (κ2) is 3.87. The van der Waals surface area contributed by atoms with Crippen LogP contribution in [0.25, 0.3) is 11.3 Å². The normalized spacial score (nSPS) is 12.7. The van der Waals surface area contributed by atoms with Gasteiger partial charge in [0.1, 0.15) is 5.75 Å². The molecule has 5 heteroatoms. The molecule has 5 nitrogen and oxygen atoms in total. The Bertz CT molecular complexity index is 631. The molecule has 0 atom stereocenters. The topological polar surface area (TPSA) is 78.3 Å². The smallest absolute Gasteiger partial charge is 0.271 e. The highest BCUT2D eigenvalue weighted by molar-refractivity contribution is 5.94. The van der Waals surface area contributed by atoms with E-state index in [1.165, 1.54) is 0 Å². The molecule has 92 valence electrons. The van der Waals surface area contributed by atoms with Gasteiger partial charge in [0.05, 0.1) is 7.11 Å². The van der Waals surface area contributed by atoms with E-state index in [1.807, 2.05) is 18.2 Å². The molecule has 0 fully saturated rings. The number of rotatable bonds is 2. The lowest BCUT2D eigenvalue weighted by Crippen LogP contribution is -2.15. The third-order valence-electron chi connectivity index (χ3n) is 3.23. The van der Waals surface area contributed by atoms with Gasteiger partial charge in [0.15, 0.2) is 11.5 Å². The number of fused-ring (bicyclic) bond motifs is 3. The van der Waals surface area contributed by atoms with Gasteiger partial charge < -0.3 is 15.0 Å². The number of carbonyl (C=O) groups is 1. The van der Waals surface area contributed by atoms with Crippen LogP contribution in [0.2, 0.25) is 0 Å². The Labute approximate surface area is 104 Å². The minimum atomic E-state index is -0.550. The van der Waals surface area contributed by atoms with E-state index >= 15 is 0 Å². The maximum Gasteiger partial charge on any atom is 0.271 e. The van der Waals surface area contributed by atoms with E-state index in [2.05, 4.69) is 5.16 Å². The molecule has 1 amide bonds. The van der Waals surface area contributed by atoms with Gasteiger partial charge in [-0.25, -0.2) is 0 Å². The SMILES string of the molecule is COc1ccc2c(c1)-c1onc(C(N)=O)c1CC2. The number of aryl methyl sites for hydroxylation is 1. The van der Waals surface area contributed by atoms with Gasteiger partial charge in [-0.15, -0.1) is 0 Å². The zero-order valence-corrected chi connectivity index (χ0v) is 9.90. The van der Waals surface area contributed by atoms with Crippen LogP contribution in [0, 0.1) is 0 Å². The molecule has 2 aromatic rings. The number of carbonyl (C=O) groups excluding carboxylic acids is 1. The predicted octanol–water partition coefficient (Wildman–Crippen LogP) is 1.55. The summed E-state index contributed by atoms with van der Waals surface area (Å²) in [6.07, 6.45) is 1.56. The Balaban J connectivity index is 2.19. The van der Waals surface area contributed by atoms with Crippen LogP contribution in [0.5, 0.6) is 5.75 Å². The van der Waals surface area contributed by atoms with Crippen molar-refractivity contribution in [1.82, 2.24) is 5.16 Å². The summed E-state index contributed by atoms with van der Waals surface area (Å²) in [6, 6.07) is 5.81. The van der Waals surface area contributed by atoms with Crippen LogP contribution in [0.3, 0.4) is 0 Å². The molecule has 2 N–H and O–H groups in total. The molecular weight excluding hydrogens is 232 g/mol. The molecule has 1 heterocycles. The molecule has 18 heavy (non-hydrogen) atoms. The monoisotopic (exact) mass is 244 g/mol. The van der Waals surface area contributed by atoms with Gasteiger partial charge >= 0.3 is 0 Å². The van der Waals surface area contributed by atoms with E-state index in [4.69, 9.17) is 15.0 Å². The number of hydrogen-bond acceptors (Lipinski definition) is 4. The summed E-state index contributed by atoms with van der Waals surface area (Å²) in [5.74, 6) is 0.828. The van der Waals surface area contributed by atoms with Crippen molar-refractivity contribution in [2.75, 3.05) is 7.11 Å². The van der Waals surface area contributed by atoms with Crippen molar-refractivity contribution in [3.63, 3.8) is 0 Å². The zero-order valence-electron chi connectivity index (χ0n) is 9.90. The summed E-state index contributed by atoms with van der Waals surface area (Å²) in [5, 5.41) is 3.76. The molecule has 1 aliphatic carbocycles. The van der Waals surface area contributed by atoms with Crippen LogP contribution in [0.4, 0.5) is 0 Å². The summed E-state index contributed by atoms with van der Waals surface area (Å²) in [7, 11) is 1.61. The maximum atomic E-state index is 11.2. The molecule has 0 saturated carbocycles. The quantitative estimate of drug-likeness (QED) is 0.869. The summed E-state index contributed by atoms with van der Waals surface area (Å²) in [6.45, 7) is 0. The van der Waals surface area contributed by atoms with Crippen molar-refractivity contribution in [3.05, 3.63) is 35.0 Å². The first-order valence-corrected chi connectivity index (χ1v) is 5.66. The summed E-state index contributed by atoms with van der Waals surface area (Å²) in [5.41, 5.74) is 8.39. The van der Waals surface area contributed by atoms with Crippen LogP contribution in [-0.4, -0.2) is 18.2 Å². The van der Waals surface area contributed by atoms with E-state index in [0.717, 1.165) is 35.3 Å². The van der Waals surface area contributed by atoms with Crippen molar-refractivity contribution in [2.45, 2.75) is 12.8 Å². The molecular formula is C13H12N2O3. The molecule has 0 aliphatic heterocycles. The van der Waals surface area contributed by atoms with Gasteiger partial charge in [0.25, 0.3) is 5.91 Å². The molecule has 0 radical (unpaired) electrons. The van der Waals surface area contributed by atoms with Crippen LogP contribution in [0.15, 0.2) is 22.7 Å². The lowest BCUT2D eigenvalue weighted by atomic mass is 9.89. The van der Waals surface area contributed by atoms with Crippen molar-refractivity contribution >= 4 is 5.91 Å². The average Bonchev–Trinajstić information content (AvgIpc) is 2.82. The first-order chi connectivity index (χ1) is 8.70. The van der Waals surface area contributed by atoms with Gasteiger partial charge in [0, 0.05) is 11.1 Å². The molecule has 0 saturated heterocycles. The van der Waals surface area contributed by atoms with Gasteiger partial charge in [-0.05, 0) is 30.5 Å². The van der Waals surface area contributed by atoms with E-state index in [0.29, 0.717) is 5.76 Å². The Hall–Kier alpha value is -2.30. The standard InChI is InChI=1S/C13H12N2O3/c1-17-8-4-2-7-3-5-9-11(13(14)16)15-18-12(9)10(7)6-8/h2,4,6H,3,5H2,1H3,(H2,14,16). The molecule has 0 spiro atoms. The summed E-state index contributed by atoms with van der Waals surface area (Å²) < 4.78 is 10.5. The Morgan fingerprint density at radius 1 is 1.44 bits per heavy atom. The number of methoxy groups -OCH3 is 1. The number of nitrogens with zero attached hydrogens (tertiary/aromatic N) is 1. The fourth-order valence-electron chi connectivity index (χ4n) is 2.32. The summed E-state index contributed by atoms with van der Waals surface area (Å²) in [4.78, 5) is 11.2. The molecule has 1 aliphatic rings.